The Morgan fingerprint density at radius 2 is 1.95 bits per heavy atom. The van der Waals surface area contributed by atoms with Crippen LogP contribution in [0.1, 0.15) is 22.5 Å². The van der Waals surface area contributed by atoms with E-state index in [2.05, 4.69) is 10.4 Å². The number of aromatic nitrogens is 2. The van der Waals surface area contributed by atoms with Gasteiger partial charge in [0.1, 0.15) is 0 Å². The molecule has 0 saturated carbocycles. The first-order valence-corrected chi connectivity index (χ1v) is 6.20. The van der Waals surface area contributed by atoms with Gasteiger partial charge >= 0.3 is 0 Å². The first kappa shape index (κ1) is 13.4. The maximum atomic E-state index is 9.70. The minimum Gasteiger partial charge on any atom is -0.504 e. The van der Waals surface area contributed by atoms with Crippen LogP contribution in [0, 0.1) is 13.8 Å². The van der Waals surface area contributed by atoms with E-state index < -0.39 is 0 Å². The van der Waals surface area contributed by atoms with Crippen LogP contribution in [-0.4, -0.2) is 20.0 Å². The Hall–Kier alpha value is -2.01. The summed E-state index contributed by atoms with van der Waals surface area (Å²) in [7, 11) is 1.92. The Labute approximate surface area is 112 Å². The monoisotopic (exact) mass is 261 g/mol. The number of rotatable bonds is 4. The van der Waals surface area contributed by atoms with Gasteiger partial charge < -0.3 is 15.5 Å². The van der Waals surface area contributed by atoms with Gasteiger partial charge in [-0.05, 0) is 19.9 Å². The van der Waals surface area contributed by atoms with Gasteiger partial charge in [0.2, 0.25) is 0 Å². The Bertz CT molecular complexity index is 591. The molecule has 5 heteroatoms. The predicted molar refractivity (Wildman–Crippen MR) is 73.0 cm³/mol. The highest BCUT2D eigenvalue weighted by Gasteiger charge is 2.10. The van der Waals surface area contributed by atoms with E-state index in [1.54, 1.807) is 12.1 Å². The molecule has 5 nitrogen and oxygen atoms in total. The van der Waals surface area contributed by atoms with Crippen LogP contribution in [0.4, 0.5) is 0 Å². The van der Waals surface area contributed by atoms with Crippen molar-refractivity contribution in [1.82, 2.24) is 15.1 Å². The molecular weight excluding hydrogens is 242 g/mol. The lowest BCUT2D eigenvalue weighted by molar-refractivity contribution is 0.397. The lowest BCUT2D eigenvalue weighted by Crippen LogP contribution is -2.14. The largest absolute Gasteiger partial charge is 0.504 e. The highest BCUT2D eigenvalue weighted by molar-refractivity contribution is 5.44. The highest BCUT2D eigenvalue weighted by atomic mass is 16.3. The summed E-state index contributed by atoms with van der Waals surface area (Å²) >= 11 is 0. The SMILES string of the molecule is Cc1nn(C)c(C)c1CNCc1cccc(O)c1O. The smallest absolute Gasteiger partial charge is 0.161 e. The van der Waals surface area contributed by atoms with Crippen molar-refractivity contribution in [2.45, 2.75) is 26.9 Å². The normalized spacial score (nSPS) is 10.9. The average Bonchev–Trinajstić information content (AvgIpc) is 2.61. The number of hydrogen-bond acceptors (Lipinski definition) is 4. The van der Waals surface area contributed by atoms with Crippen molar-refractivity contribution in [1.29, 1.82) is 0 Å². The van der Waals surface area contributed by atoms with E-state index in [0.29, 0.717) is 18.7 Å². The van der Waals surface area contributed by atoms with Crippen molar-refractivity contribution in [3.8, 4) is 11.5 Å². The predicted octanol–water partition coefficient (Wildman–Crippen LogP) is 1.74. The van der Waals surface area contributed by atoms with E-state index in [0.717, 1.165) is 11.4 Å². The summed E-state index contributed by atoms with van der Waals surface area (Å²) < 4.78 is 1.86. The number of phenolic OH excluding ortho intramolecular Hbond substituents is 2. The number of nitrogens with zero attached hydrogens (tertiary/aromatic N) is 2. The molecule has 0 saturated heterocycles. The fraction of sp³-hybridized carbons (Fsp3) is 0.357. The quantitative estimate of drug-likeness (QED) is 0.733. The van der Waals surface area contributed by atoms with Crippen LogP contribution in [0.25, 0.3) is 0 Å². The molecule has 0 radical (unpaired) electrons. The van der Waals surface area contributed by atoms with Crippen LogP contribution < -0.4 is 5.32 Å². The third-order valence-electron chi connectivity index (χ3n) is 3.37. The number of aromatic hydroxyl groups is 2. The molecule has 0 amide bonds. The van der Waals surface area contributed by atoms with Gasteiger partial charge in [-0.1, -0.05) is 12.1 Å². The van der Waals surface area contributed by atoms with Gasteiger partial charge in [-0.2, -0.15) is 5.10 Å². The molecule has 0 aliphatic heterocycles. The minimum absolute atomic E-state index is 0.0605. The number of nitrogens with one attached hydrogen (secondary N) is 1. The molecule has 0 atom stereocenters. The summed E-state index contributed by atoms with van der Waals surface area (Å²) in [5, 5.41) is 26.7. The molecule has 0 fully saturated rings. The van der Waals surface area contributed by atoms with E-state index in [1.165, 1.54) is 11.6 Å². The molecule has 0 aliphatic carbocycles. The highest BCUT2D eigenvalue weighted by Crippen LogP contribution is 2.28. The van der Waals surface area contributed by atoms with Crippen molar-refractivity contribution in [3.63, 3.8) is 0 Å². The summed E-state index contributed by atoms with van der Waals surface area (Å²) in [6, 6.07) is 4.96. The van der Waals surface area contributed by atoms with Crippen molar-refractivity contribution in [2.75, 3.05) is 0 Å². The van der Waals surface area contributed by atoms with E-state index in [1.807, 2.05) is 25.6 Å². The van der Waals surface area contributed by atoms with Crippen molar-refractivity contribution in [2.24, 2.45) is 7.05 Å². The molecule has 102 valence electrons. The lowest BCUT2D eigenvalue weighted by Gasteiger charge is -2.08. The summed E-state index contributed by atoms with van der Waals surface area (Å²) in [5.74, 6) is -0.150. The van der Waals surface area contributed by atoms with Gasteiger partial charge in [-0.3, -0.25) is 4.68 Å². The second-order valence-electron chi connectivity index (χ2n) is 4.66. The first-order valence-electron chi connectivity index (χ1n) is 6.20. The number of aryl methyl sites for hydroxylation is 2. The van der Waals surface area contributed by atoms with Crippen LogP contribution in [-0.2, 0) is 20.1 Å². The van der Waals surface area contributed by atoms with Crippen molar-refractivity contribution >= 4 is 0 Å². The second kappa shape index (κ2) is 5.32. The van der Waals surface area contributed by atoms with Crippen LogP contribution in [0.2, 0.25) is 0 Å². The van der Waals surface area contributed by atoms with Gasteiger partial charge in [0.15, 0.2) is 11.5 Å². The molecule has 0 unspecified atom stereocenters. The van der Waals surface area contributed by atoms with E-state index in [9.17, 15) is 10.2 Å². The Kier molecular flexibility index (Phi) is 3.76. The van der Waals surface area contributed by atoms with Gasteiger partial charge in [-0.15, -0.1) is 0 Å². The Morgan fingerprint density at radius 1 is 1.21 bits per heavy atom. The van der Waals surface area contributed by atoms with Crippen LogP contribution >= 0.6 is 0 Å². The van der Waals surface area contributed by atoms with Crippen molar-refractivity contribution in [3.05, 3.63) is 40.7 Å². The van der Waals surface area contributed by atoms with E-state index in [4.69, 9.17) is 0 Å². The van der Waals surface area contributed by atoms with Gasteiger partial charge in [0.05, 0.1) is 5.69 Å². The van der Waals surface area contributed by atoms with Gasteiger partial charge in [0.25, 0.3) is 0 Å². The minimum atomic E-state index is -0.0898. The zero-order valence-electron chi connectivity index (χ0n) is 11.4. The summed E-state index contributed by atoms with van der Waals surface area (Å²) in [6.07, 6.45) is 0. The van der Waals surface area contributed by atoms with Crippen LogP contribution in [0.15, 0.2) is 18.2 Å². The maximum Gasteiger partial charge on any atom is 0.161 e. The van der Waals surface area contributed by atoms with Gasteiger partial charge in [-0.25, -0.2) is 0 Å². The van der Waals surface area contributed by atoms with Crippen LogP contribution in [0.5, 0.6) is 11.5 Å². The van der Waals surface area contributed by atoms with Crippen molar-refractivity contribution < 1.29 is 10.2 Å². The fourth-order valence-electron chi connectivity index (χ4n) is 2.12. The first-order chi connectivity index (χ1) is 9.00. The number of hydrogen-bond donors (Lipinski definition) is 3. The number of benzene rings is 1. The third kappa shape index (κ3) is 2.71. The number of phenols is 2. The van der Waals surface area contributed by atoms with E-state index in [-0.39, 0.29) is 11.5 Å². The van der Waals surface area contributed by atoms with Crippen LogP contribution in [0.3, 0.4) is 0 Å². The molecule has 19 heavy (non-hydrogen) atoms. The third-order valence-corrected chi connectivity index (χ3v) is 3.37. The molecular formula is C14H19N3O2. The molecule has 0 bridgehead atoms. The van der Waals surface area contributed by atoms with E-state index >= 15 is 0 Å². The zero-order valence-corrected chi connectivity index (χ0v) is 11.4. The van der Waals surface area contributed by atoms with Gasteiger partial charge in [0, 0.05) is 37.0 Å². The fourth-order valence-corrected chi connectivity index (χ4v) is 2.12. The molecule has 2 rings (SSSR count). The Morgan fingerprint density at radius 3 is 2.58 bits per heavy atom. The summed E-state index contributed by atoms with van der Waals surface area (Å²) in [4.78, 5) is 0. The standard InChI is InChI=1S/C14H19N3O2/c1-9-12(10(2)17(3)16-9)8-15-7-11-5-4-6-13(18)14(11)19/h4-6,15,18-19H,7-8H2,1-3H3. The topological polar surface area (TPSA) is 70.3 Å². The zero-order chi connectivity index (χ0) is 14.0. The molecule has 0 aliphatic rings. The lowest BCUT2D eigenvalue weighted by atomic mass is 10.1. The molecule has 0 spiro atoms. The Balaban J connectivity index is 2.02. The number of para-hydroxylation sites is 1. The average molecular weight is 261 g/mol. The molecule has 1 aromatic heterocycles. The molecule has 3 N–H and O–H groups in total. The molecule has 2 aromatic rings. The second-order valence-corrected chi connectivity index (χ2v) is 4.66. The molecule has 1 heterocycles. The summed E-state index contributed by atoms with van der Waals surface area (Å²) in [5.41, 5.74) is 3.99. The summed E-state index contributed by atoms with van der Waals surface area (Å²) in [6.45, 7) is 5.19. The molecule has 1 aromatic carbocycles. The maximum absolute atomic E-state index is 9.70.